The minimum Gasteiger partial charge on any atom is -0.396 e. The minimum absolute atomic E-state index is 0.0133. The van der Waals surface area contributed by atoms with Crippen molar-refractivity contribution in [1.29, 1.82) is 0 Å². The Hall–Kier alpha value is -0.580. The Balaban J connectivity index is 1.75. The second-order valence-electron chi connectivity index (χ2n) is 3.96. The highest BCUT2D eigenvalue weighted by Gasteiger charge is 2.37. The number of ether oxygens (including phenoxy) is 1. The van der Waals surface area contributed by atoms with Gasteiger partial charge in [-0.3, -0.25) is 4.98 Å². The largest absolute Gasteiger partial charge is 0.396 e. The molecule has 2 heterocycles. The summed E-state index contributed by atoms with van der Waals surface area (Å²) in [5, 5.41) is 9.22. The van der Waals surface area contributed by atoms with Gasteiger partial charge in [0.2, 0.25) is 0 Å². The summed E-state index contributed by atoms with van der Waals surface area (Å²) >= 11 is 1.81. The summed E-state index contributed by atoms with van der Waals surface area (Å²) in [7, 11) is 0. The summed E-state index contributed by atoms with van der Waals surface area (Å²) in [6.07, 6.45) is 1.81. The molecule has 4 heteroatoms. The van der Waals surface area contributed by atoms with Crippen LogP contribution in [0.2, 0.25) is 0 Å². The normalized spacial score (nSPS) is 18.5. The molecular weight excluding hydrogens is 210 g/mol. The number of aliphatic hydroxyl groups is 1. The van der Waals surface area contributed by atoms with E-state index in [1.54, 1.807) is 0 Å². The number of hydrogen-bond acceptors (Lipinski definition) is 4. The van der Waals surface area contributed by atoms with Crippen LogP contribution < -0.4 is 0 Å². The van der Waals surface area contributed by atoms with Gasteiger partial charge in [-0.05, 0) is 12.1 Å². The van der Waals surface area contributed by atoms with Crippen LogP contribution in [0.4, 0.5) is 0 Å². The molecule has 1 N–H and O–H groups in total. The molecule has 1 saturated heterocycles. The first-order valence-corrected chi connectivity index (χ1v) is 6.16. The highest BCUT2D eigenvalue weighted by atomic mass is 32.2. The van der Waals surface area contributed by atoms with E-state index in [1.165, 1.54) is 0 Å². The molecule has 82 valence electrons. The van der Waals surface area contributed by atoms with E-state index in [0.29, 0.717) is 13.2 Å². The van der Waals surface area contributed by atoms with E-state index in [1.807, 2.05) is 36.2 Å². The lowest BCUT2D eigenvalue weighted by atomic mass is 9.90. The van der Waals surface area contributed by atoms with E-state index >= 15 is 0 Å². The van der Waals surface area contributed by atoms with Crippen LogP contribution in [0.3, 0.4) is 0 Å². The molecule has 0 unspecified atom stereocenters. The summed E-state index contributed by atoms with van der Waals surface area (Å²) in [6, 6.07) is 5.94. The van der Waals surface area contributed by atoms with Gasteiger partial charge < -0.3 is 9.84 Å². The van der Waals surface area contributed by atoms with Crippen LogP contribution in [0.1, 0.15) is 5.69 Å². The molecular formula is C11H15NO2S. The third-order valence-corrected chi connectivity index (χ3v) is 3.85. The Morgan fingerprint density at radius 1 is 1.47 bits per heavy atom. The lowest BCUT2D eigenvalue weighted by molar-refractivity contribution is -0.121. The Morgan fingerprint density at radius 2 is 2.33 bits per heavy atom. The number of hydrogen-bond donors (Lipinski definition) is 1. The molecule has 0 bridgehead atoms. The molecule has 1 aromatic rings. The first-order valence-electron chi connectivity index (χ1n) is 5.01. The summed E-state index contributed by atoms with van der Waals surface area (Å²) in [6.45, 7) is 1.61. The van der Waals surface area contributed by atoms with Crippen LogP contribution in [0.15, 0.2) is 24.4 Å². The summed E-state index contributed by atoms with van der Waals surface area (Å²) in [4.78, 5) is 4.25. The van der Waals surface area contributed by atoms with Gasteiger partial charge in [0.25, 0.3) is 0 Å². The maximum absolute atomic E-state index is 9.22. The molecule has 15 heavy (non-hydrogen) atoms. The van der Waals surface area contributed by atoms with Crippen molar-refractivity contribution < 1.29 is 9.84 Å². The molecule has 0 radical (unpaired) electrons. The first kappa shape index (κ1) is 10.9. The number of pyridine rings is 1. The molecule has 1 fully saturated rings. The average Bonchev–Trinajstić information content (AvgIpc) is 2.24. The molecule has 3 nitrogen and oxygen atoms in total. The van der Waals surface area contributed by atoms with Gasteiger partial charge in [-0.1, -0.05) is 6.07 Å². The highest BCUT2D eigenvalue weighted by Crippen LogP contribution is 2.31. The fourth-order valence-corrected chi connectivity index (χ4v) is 2.64. The van der Waals surface area contributed by atoms with Crippen LogP contribution in [0, 0.1) is 5.41 Å². The second kappa shape index (κ2) is 4.96. The first-order chi connectivity index (χ1) is 7.35. The Labute approximate surface area is 93.9 Å². The summed E-state index contributed by atoms with van der Waals surface area (Å²) in [5.41, 5.74) is 1.11. The van der Waals surface area contributed by atoms with Gasteiger partial charge in [-0.2, -0.15) is 11.8 Å². The number of nitrogens with zero attached hydrogens (tertiary/aromatic N) is 1. The number of aromatic nitrogens is 1. The van der Waals surface area contributed by atoms with Crippen molar-refractivity contribution in [3.8, 4) is 0 Å². The molecule has 1 aromatic heterocycles. The van der Waals surface area contributed by atoms with Gasteiger partial charge in [0.05, 0.1) is 25.5 Å². The minimum atomic E-state index is 0.0133. The van der Waals surface area contributed by atoms with Gasteiger partial charge in [0.1, 0.15) is 0 Å². The van der Waals surface area contributed by atoms with E-state index in [0.717, 1.165) is 17.2 Å². The average molecular weight is 225 g/mol. The summed E-state index contributed by atoms with van der Waals surface area (Å²) < 4.78 is 5.14. The quantitative estimate of drug-likeness (QED) is 0.821. The Bertz CT molecular complexity index is 295. The zero-order chi connectivity index (χ0) is 10.6. The van der Waals surface area contributed by atoms with E-state index in [4.69, 9.17) is 4.74 Å². The third kappa shape index (κ3) is 2.71. The van der Waals surface area contributed by atoms with Crippen molar-refractivity contribution >= 4 is 11.8 Å². The molecule has 0 saturated carbocycles. The van der Waals surface area contributed by atoms with Gasteiger partial charge in [-0.25, -0.2) is 0 Å². The van der Waals surface area contributed by atoms with Crippen LogP contribution in [-0.2, 0) is 10.5 Å². The van der Waals surface area contributed by atoms with Crippen molar-refractivity contribution in [3.05, 3.63) is 30.1 Å². The molecule has 0 aromatic carbocycles. The molecule has 1 aliphatic rings. The smallest absolute Gasteiger partial charge is 0.0575 e. The van der Waals surface area contributed by atoms with E-state index in [-0.39, 0.29) is 12.0 Å². The molecule has 1 aliphatic heterocycles. The molecule has 0 spiro atoms. The Morgan fingerprint density at radius 3 is 2.87 bits per heavy atom. The molecule has 2 rings (SSSR count). The maximum atomic E-state index is 9.22. The third-order valence-electron chi connectivity index (χ3n) is 2.54. The zero-order valence-electron chi connectivity index (χ0n) is 8.56. The van der Waals surface area contributed by atoms with Gasteiger partial charge in [0, 0.05) is 23.1 Å². The van der Waals surface area contributed by atoms with E-state index in [9.17, 15) is 5.11 Å². The van der Waals surface area contributed by atoms with Crippen molar-refractivity contribution in [1.82, 2.24) is 4.98 Å². The van der Waals surface area contributed by atoms with Gasteiger partial charge >= 0.3 is 0 Å². The molecule has 0 amide bonds. The number of aliphatic hydroxyl groups excluding tert-OH is 1. The van der Waals surface area contributed by atoms with Crippen LogP contribution in [0.25, 0.3) is 0 Å². The molecule has 0 atom stereocenters. The van der Waals surface area contributed by atoms with Crippen molar-refractivity contribution in [2.24, 2.45) is 5.41 Å². The lowest BCUT2D eigenvalue weighted by Gasteiger charge is -2.39. The van der Waals surface area contributed by atoms with Gasteiger partial charge in [-0.15, -0.1) is 0 Å². The zero-order valence-corrected chi connectivity index (χ0v) is 9.37. The van der Waals surface area contributed by atoms with Crippen LogP contribution in [-0.4, -0.2) is 35.7 Å². The number of thioether (sulfide) groups is 1. The fraction of sp³-hybridized carbons (Fsp3) is 0.545. The van der Waals surface area contributed by atoms with Crippen LogP contribution >= 0.6 is 11.8 Å². The number of rotatable bonds is 5. The van der Waals surface area contributed by atoms with Crippen molar-refractivity contribution in [2.75, 3.05) is 25.6 Å². The maximum Gasteiger partial charge on any atom is 0.0575 e. The van der Waals surface area contributed by atoms with Crippen molar-refractivity contribution in [2.45, 2.75) is 5.75 Å². The predicted molar refractivity (Wildman–Crippen MR) is 60.7 cm³/mol. The van der Waals surface area contributed by atoms with Crippen molar-refractivity contribution in [3.63, 3.8) is 0 Å². The van der Waals surface area contributed by atoms with E-state index < -0.39 is 0 Å². The topological polar surface area (TPSA) is 42.4 Å². The standard InChI is InChI=1S/C11H15NO2S/c13-6-11(7-14-8-11)9-15-5-10-3-1-2-4-12-10/h1-4,13H,5-9H2. The monoisotopic (exact) mass is 225 g/mol. The van der Waals surface area contributed by atoms with E-state index in [2.05, 4.69) is 4.98 Å². The SMILES string of the molecule is OCC1(CSCc2ccccn2)COC1. The Kier molecular flexibility index (Phi) is 3.61. The summed E-state index contributed by atoms with van der Waals surface area (Å²) in [5.74, 6) is 1.85. The second-order valence-corrected chi connectivity index (χ2v) is 4.95. The lowest BCUT2D eigenvalue weighted by Crippen LogP contribution is -2.47. The predicted octanol–water partition coefficient (Wildman–Crippen LogP) is 1.32. The highest BCUT2D eigenvalue weighted by molar-refractivity contribution is 7.98. The van der Waals surface area contributed by atoms with Gasteiger partial charge in [0.15, 0.2) is 0 Å². The van der Waals surface area contributed by atoms with Crippen LogP contribution in [0.5, 0.6) is 0 Å². The molecule has 0 aliphatic carbocycles. The fourth-order valence-electron chi connectivity index (χ4n) is 1.47.